The number of thiocarbonyl (C=S) groups is 1. The number of nitrogens with zero attached hydrogens (tertiary/aromatic N) is 1. The van der Waals surface area contributed by atoms with Crippen LogP contribution in [0, 0.1) is 5.82 Å². The Morgan fingerprint density at radius 2 is 2.08 bits per heavy atom. The molecular weight excluding hydrogens is 393 g/mol. The fraction of sp³-hybridized carbons (Fsp3) is 0.200. The van der Waals surface area contributed by atoms with Gasteiger partial charge in [-0.25, -0.2) is 9.18 Å². The molecule has 10 heteroatoms. The largest absolute Gasteiger partial charge is 0.481 e. The van der Waals surface area contributed by atoms with Crippen LogP contribution >= 0.6 is 35.6 Å². The lowest BCUT2D eigenvalue weighted by atomic mass is 10.1. The Morgan fingerprint density at radius 3 is 2.64 bits per heavy atom. The average molecular weight is 404 g/mol. The lowest BCUT2D eigenvalue weighted by Crippen LogP contribution is -2.44. The van der Waals surface area contributed by atoms with Crippen LogP contribution in [0.1, 0.15) is 18.4 Å². The summed E-state index contributed by atoms with van der Waals surface area (Å²) in [7, 11) is 0. The Bertz CT molecular complexity index is 778. The van der Waals surface area contributed by atoms with E-state index in [-0.39, 0.29) is 26.2 Å². The molecule has 1 unspecified atom stereocenters. The van der Waals surface area contributed by atoms with E-state index >= 15 is 0 Å². The third kappa shape index (κ3) is 4.36. The number of carbonyl (C=O) groups excluding carboxylic acids is 1. The summed E-state index contributed by atoms with van der Waals surface area (Å²) in [5, 5.41) is 18.1. The molecule has 2 N–H and O–H groups in total. The average Bonchev–Trinajstić information content (AvgIpc) is 2.78. The Kier molecular flexibility index (Phi) is 6.15. The van der Waals surface area contributed by atoms with Crippen LogP contribution in [0.3, 0.4) is 0 Å². The first kappa shape index (κ1) is 19.4. The van der Waals surface area contributed by atoms with Gasteiger partial charge in [-0.05, 0) is 24.6 Å². The quantitative estimate of drug-likeness (QED) is 0.556. The Hall–Kier alpha value is -1.97. The van der Waals surface area contributed by atoms with Gasteiger partial charge in [0.2, 0.25) is 0 Å². The van der Waals surface area contributed by atoms with Gasteiger partial charge in [0.05, 0.1) is 9.93 Å². The highest BCUT2D eigenvalue weighted by Crippen LogP contribution is 2.36. The molecule has 6 nitrogen and oxygen atoms in total. The fourth-order valence-electron chi connectivity index (χ4n) is 2.15. The van der Waals surface area contributed by atoms with E-state index in [1.807, 2.05) is 0 Å². The maximum Gasteiger partial charge on any atom is 0.326 e. The second-order valence-electron chi connectivity index (χ2n) is 4.97. The minimum atomic E-state index is -1.41. The molecule has 1 aromatic carbocycles. The summed E-state index contributed by atoms with van der Waals surface area (Å²) >= 11 is 11.8. The molecule has 2 rings (SSSR count). The van der Waals surface area contributed by atoms with E-state index in [0.717, 1.165) is 16.7 Å². The summed E-state index contributed by atoms with van der Waals surface area (Å²) < 4.78 is 13.8. The highest BCUT2D eigenvalue weighted by atomic mass is 35.5. The molecule has 1 amide bonds. The predicted molar refractivity (Wildman–Crippen MR) is 94.7 cm³/mol. The number of carboxylic acids is 2. The zero-order valence-corrected chi connectivity index (χ0v) is 14.8. The van der Waals surface area contributed by atoms with Crippen molar-refractivity contribution in [3.8, 4) is 0 Å². The number of benzene rings is 1. The maximum atomic E-state index is 13.9. The molecular formula is C15H11ClFNO5S2. The smallest absolute Gasteiger partial charge is 0.326 e. The lowest BCUT2D eigenvalue weighted by Gasteiger charge is -2.22. The van der Waals surface area contributed by atoms with E-state index in [1.165, 1.54) is 24.3 Å². The van der Waals surface area contributed by atoms with Crippen molar-refractivity contribution in [2.75, 3.05) is 0 Å². The molecule has 1 aromatic rings. The van der Waals surface area contributed by atoms with E-state index < -0.39 is 36.1 Å². The van der Waals surface area contributed by atoms with Crippen molar-refractivity contribution in [3.63, 3.8) is 0 Å². The van der Waals surface area contributed by atoms with Gasteiger partial charge in [0.25, 0.3) is 5.91 Å². The van der Waals surface area contributed by atoms with Crippen molar-refractivity contribution < 1.29 is 29.0 Å². The molecule has 25 heavy (non-hydrogen) atoms. The van der Waals surface area contributed by atoms with Crippen LogP contribution in [-0.4, -0.2) is 43.3 Å². The SMILES string of the molecule is O=C(O)CCC(C(=O)O)N1C(=O)/C(=C/c2c(F)cccc2Cl)SC1=S. The molecule has 1 fully saturated rings. The van der Waals surface area contributed by atoms with Gasteiger partial charge in [-0.3, -0.25) is 14.5 Å². The normalized spacial score (nSPS) is 17.2. The number of amides is 1. The molecule has 132 valence electrons. The van der Waals surface area contributed by atoms with E-state index in [1.54, 1.807) is 0 Å². The van der Waals surface area contributed by atoms with Crippen LogP contribution in [-0.2, 0) is 14.4 Å². The standard InChI is InChI=1S/C15H11ClFNO5S2/c16-8-2-1-3-9(17)7(8)6-11-13(21)18(15(24)25-11)10(14(22)23)4-5-12(19)20/h1-3,6,10H,4-5H2,(H,19,20)(H,22,23)/b11-6-. The number of hydrogen-bond donors (Lipinski definition) is 2. The summed E-state index contributed by atoms with van der Waals surface area (Å²) in [4.78, 5) is 35.4. The van der Waals surface area contributed by atoms with Gasteiger partial charge >= 0.3 is 11.9 Å². The van der Waals surface area contributed by atoms with Gasteiger partial charge in [-0.2, -0.15) is 0 Å². The number of hydrogen-bond acceptors (Lipinski definition) is 5. The summed E-state index contributed by atoms with van der Waals surface area (Å²) in [6, 6.07) is 2.62. The van der Waals surface area contributed by atoms with E-state index in [0.29, 0.717) is 0 Å². The van der Waals surface area contributed by atoms with Gasteiger partial charge in [-0.1, -0.05) is 41.6 Å². The molecule has 0 aliphatic carbocycles. The van der Waals surface area contributed by atoms with Crippen LogP contribution in [0.25, 0.3) is 6.08 Å². The van der Waals surface area contributed by atoms with Crippen LogP contribution in [0.5, 0.6) is 0 Å². The van der Waals surface area contributed by atoms with Gasteiger partial charge in [0.15, 0.2) is 0 Å². The van der Waals surface area contributed by atoms with E-state index in [2.05, 4.69) is 0 Å². The van der Waals surface area contributed by atoms with Crippen LogP contribution in [0.15, 0.2) is 23.1 Å². The molecule has 0 saturated carbocycles. The van der Waals surface area contributed by atoms with Gasteiger partial charge in [0.1, 0.15) is 16.2 Å². The summed E-state index contributed by atoms with van der Waals surface area (Å²) in [6.45, 7) is 0. The monoisotopic (exact) mass is 403 g/mol. The Labute approximate surface area is 156 Å². The first-order valence-electron chi connectivity index (χ1n) is 6.88. The molecule has 0 radical (unpaired) electrons. The van der Waals surface area contributed by atoms with Crippen molar-refractivity contribution >= 4 is 63.8 Å². The molecule has 1 saturated heterocycles. The third-order valence-electron chi connectivity index (χ3n) is 3.33. The second kappa shape index (κ2) is 7.94. The number of halogens is 2. The molecule has 1 aliphatic rings. The number of carboxylic acid groups (broad SMARTS) is 2. The van der Waals surface area contributed by atoms with Crippen molar-refractivity contribution in [1.29, 1.82) is 0 Å². The number of rotatable bonds is 6. The number of carbonyl (C=O) groups is 3. The zero-order chi connectivity index (χ0) is 18.7. The molecule has 0 bridgehead atoms. The molecule has 1 atom stereocenters. The minimum Gasteiger partial charge on any atom is -0.481 e. The molecule has 0 spiro atoms. The van der Waals surface area contributed by atoms with E-state index in [4.69, 9.17) is 28.9 Å². The lowest BCUT2D eigenvalue weighted by molar-refractivity contribution is -0.146. The summed E-state index contributed by atoms with van der Waals surface area (Å²) in [6.07, 6.45) is 0.462. The van der Waals surface area contributed by atoms with Crippen molar-refractivity contribution in [3.05, 3.63) is 39.5 Å². The first-order valence-corrected chi connectivity index (χ1v) is 8.48. The van der Waals surface area contributed by atoms with Crippen LogP contribution < -0.4 is 0 Å². The first-order chi connectivity index (χ1) is 11.7. The van der Waals surface area contributed by atoms with Crippen LogP contribution in [0.4, 0.5) is 4.39 Å². The summed E-state index contributed by atoms with van der Waals surface area (Å²) in [5.74, 6) is -3.93. The van der Waals surface area contributed by atoms with E-state index in [9.17, 15) is 23.9 Å². The minimum absolute atomic E-state index is 0.0120. The highest BCUT2D eigenvalue weighted by molar-refractivity contribution is 8.26. The Balaban J connectivity index is 2.34. The molecule has 0 aromatic heterocycles. The zero-order valence-electron chi connectivity index (χ0n) is 12.4. The molecule has 1 aliphatic heterocycles. The third-order valence-corrected chi connectivity index (χ3v) is 4.99. The second-order valence-corrected chi connectivity index (χ2v) is 7.06. The number of thioether (sulfide) groups is 1. The predicted octanol–water partition coefficient (Wildman–Crippen LogP) is 3.00. The van der Waals surface area contributed by atoms with Gasteiger partial charge < -0.3 is 10.2 Å². The number of aliphatic carboxylic acids is 2. The maximum absolute atomic E-state index is 13.9. The van der Waals surface area contributed by atoms with Gasteiger partial charge in [-0.15, -0.1) is 0 Å². The van der Waals surface area contributed by atoms with Gasteiger partial charge in [0, 0.05) is 12.0 Å². The Morgan fingerprint density at radius 1 is 1.40 bits per heavy atom. The molecule has 1 heterocycles. The van der Waals surface area contributed by atoms with Crippen molar-refractivity contribution in [1.82, 2.24) is 4.90 Å². The summed E-state index contributed by atoms with van der Waals surface area (Å²) in [5.41, 5.74) is -0.0120. The van der Waals surface area contributed by atoms with Crippen LogP contribution in [0.2, 0.25) is 5.02 Å². The fourth-order valence-corrected chi connectivity index (χ4v) is 3.71. The highest BCUT2D eigenvalue weighted by Gasteiger charge is 2.40. The van der Waals surface area contributed by atoms with Crippen molar-refractivity contribution in [2.24, 2.45) is 0 Å². The van der Waals surface area contributed by atoms with Crippen molar-refractivity contribution in [2.45, 2.75) is 18.9 Å². The topological polar surface area (TPSA) is 94.9 Å².